The number of ether oxygens (including phenoxy) is 1. The second-order valence-electron chi connectivity index (χ2n) is 3.26. The molecule has 0 bridgehead atoms. The highest BCUT2D eigenvalue weighted by atomic mass is 127. The normalized spacial score (nSPS) is 12.5. The number of phenols is 1. The molecule has 84 valence electrons. The topological polar surface area (TPSA) is 75.7 Å². The molecule has 1 aromatic carbocycles. The fourth-order valence-electron chi connectivity index (χ4n) is 1.29. The van der Waals surface area contributed by atoms with Crippen LogP contribution in [0.2, 0.25) is 0 Å². The Morgan fingerprint density at radius 2 is 2.20 bits per heavy atom. The predicted octanol–water partition coefficient (Wildman–Crippen LogP) is 0.867. The van der Waals surface area contributed by atoms with E-state index in [1.54, 1.807) is 6.07 Å². The van der Waals surface area contributed by atoms with Crippen molar-refractivity contribution in [2.24, 2.45) is 5.73 Å². The van der Waals surface area contributed by atoms with Crippen molar-refractivity contribution in [3.05, 3.63) is 21.3 Å². The average molecular weight is 323 g/mol. The van der Waals surface area contributed by atoms with Gasteiger partial charge in [0.25, 0.3) is 0 Å². The van der Waals surface area contributed by atoms with Crippen LogP contribution in [0.25, 0.3) is 0 Å². The van der Waals surface area contributed by atoms with Gasteiger partial charge in [-0.1, -0.05) is 0 Å². The van der Waals surface area contributed by atoms with Gasteiger partial charge in [-0.15, -0.1) is 0 Å². The highest BCUT2D eigenvalue weighted by molar-refractivity contribution is 14.1. The quantitative estimate of drug-likeness (QED) is 0.719. The third-order valence-corrected chi connectivity index (χ3v) is 2.68. The number of hydrogen-bond acceptors (Lipinski definition) is 4. The van der Waals surface area contributed by atoms with E-state index in [0.29, 0.717) is 17.7 Å². The Morgan fingerprint density at radius 1 is 1.53 bits per heavy atom. The van der Waals surface area contributed by atoms with Gasteiger partial charge < -0.3 is 20.7 Å². The zero-order valence-electron chi connectivity index (χ0n) is 8.40. The lowest BCUT2D eigenvalue weighted by Crippen LogP contribution is -2.26. The largest absolute Gasteiger partial charge is 0.504 e. The van der Waals surface area contributed by atoms with Crippen molar-refractivity contribution in [2.45, 2.75) is 12.5 Å². The van der Waals surface area contributed by atoms with Crippen LogP contribution >= 0.6 is 22.6 Å². The summed E-state index contributed by atoms with van der Waals surface area (Å²) in [6.45, 7) is -0.104. The molecule has 0 saturated heterocycles. The summed E-state index contributed by atoms with van der Waals surface area (Å²) >= 11 is 2.14. The molecule has 0 aliphatic carbocycles. The first-order valence-electron chi connectivity index (χ1n) is 4.50. The van der Waals surface area contributed by atoms with Gasteiger partial charge in [-0.05, 0) is 41.1 Å². The number of methoxy groups -OCH3 is 1. The minimum atomic E-state index is -0.362. The first-order valence-corrected chi connectivity index (χ1v) is 5.58. The number of halogens is 1. The number of benzene rings is 1. The maximum absolute atomic E-state index is 9.79. The SMILES string of the molecule is COc1cc(I)cc(CC(N)CO)c1O. The Kier molecular flexibility index (Phi) is 4.62. The van der Waals surface area contributed by atoms with Gasteiger partial charge in [-0.25, -0.2) is 0 Å². The van der Waals surface area contributed by atoms with E-state index >= 15 is 0 Å². The molecule has 0 aliphatic rings. The van der Waals surface area contributed by atoms with Crippen molar-refractivity contribution in [2.75, 3.05) is 13.7 Å². The molecule has 0 saturated carbocycles. The molecule has 0 fully saturated rings. The molecule has 1 unspecified atom stereocenters. The Balaban J connectivity index is 3.01. The van der Waals surface area contributed by atoms with Crippen LogP contribution in [0.5, 0.6) is 11.5 Å². The lowest BCUT2D eigenvalue weighted by atomic mass is 10.1. The Hall–Kier alpha value is -0.530. The summed E-state index contributed by atoms with van der Waals surface area (Å²) in [5, 5.41) is 18.6. The minimum absolute atomic E-state index is 0.0989. The molecule has 0 spiro atoms. The maximum Gasteiger partial charge on any atom is 0.161 e. The van der Waals surface area contributed by atoms with Crippen LogP contribution in [0.15, 0.2) is 12.1 Å². The van der Waals surface area contributed by atoms with Crippen LogP contribution < -0.4 is 10.5 Å². The van der Waals surface area contributed by atoms with Gasteiger partial charge in [0.15, 0.2) is 11.5 Å². The molecule has 0 heterocycles. The second-order valence-corrected chi connectivity index (χ2v) is 4.51. The van der Waals surface area contributed by atoms with Crippen LogP contribution in [0.4, 0.5) is 0 Å². The lowest BCUT2D eigenvalue weighted by Gasteiger charge is -2.12. The van der Waals surface area contributed by atoms with E-state index in [9.17, 15) is 5.11 Å². The fourth-order valence-corrected chi connectivity index (χ4v) is 1.95. The summed E-state index contributed by atoms with van der Waals surface area (Å²) in [4.78, 5) is 0. The number of nitrogens with two attached hydrogens (primary N) is 1. The standard InChI is InChI=1S/C10H14INO3/c1-15-9-4-7(11)2-6(10(9)14)3-8(12)5-13/h2,4,8,13-14H,3,5,12H2,1H3. The molecule has 4 N–H and O–H groups in total. The number of rotatable bonds is 4. The highest BCUT2D eigenvalue weighted by Crippen LogP contribution is 2.32. The predicted molar refractivity (Wildman–Crippen MR) is 66.1 cm³/mol. The molecule has 15 heavy (non-hydrogen) atoms. The molecular formula is C10H14INO3. The second kappa shape index (κ2) is 5.53. The van der Waals surface area contributed by atoms with Crippen molar-refractivity contribution < 1.29 is 14.9 Å². The number of aliphatic hydroxyl groups is 1. The number of aromatic hydroxyl groups is 1. The van der Waals surface area contributed by atoms with Crippen LogP contribution in [0.3, 0.4) is 0 Å². The van der Waals surface area contributed by atoms with Crippen molar-refractivity contribution in [1.82, 2.24) is 0 Å². The van der Waals surface area contributed by atoms with Crippen molar-refractivity contribution in [3.63, 3.8) is 0 Å². The molecule has 0 aromatic heterocycles. The van der Waals surface area contributed by atoms with Crippen LogP contribution in [-0.4, -0.2) is 30.0 Å². The van der Waals surface area contributed by atoms with Gasteiger partial charge in [0, 0.05) is 15.2 Å². The third-order valence-electron chi connectivity index (χ3n) is 2.06. The highest BCUT2D eigenvalue weighted by Gasteiger charge is 2.12. The van der Waals surface area contributed by atoms with Gasteiger partial charge >= 0.3 is 0 Å². The Bertz CT molecular complexity index is 344. The van der Waals surface area contributed by atoms with Gasteiger partial charge in [-0.2, -0.15) is 0 Å². The molecule has 5 heteroatoms. The van der Waals surface area contributed by atoms with E-state index in [-0.39, 0.29) is 18.4 Å². The van der Waals surface area contributed by atoms with Gasteiger partial charge in [-0.3, -0.25) is 0 Å². The van der Waals surface area contributed by atoms with Crippen molar-refractivity contribution in [1.29, 1.82) is 0 Å². The van der Waals surface area contributed by atoms with Crippen molar-refractivity contribution >= 4 is 22.6 Å². The monoisotopic (exact) mass is 323 g/mol. The van der Waals surface area contributed by atoms with E-state index in [4.69, 9.17) is 15.6 Å². The van der Waals surface area contributed by atoms with Gasteiger partial charge in [0.1, 0.15) is 0 Å². The van der Waals surface area contributed by atoms with E-state index < -0.39 is 0 Å². The van der Waals surface area contributed by atoms with E-state index in [1.165, 1.54) is 7.11 Å². The third kappa shape index (κ3) is 3.22. The minimum Gasteiger partial charge on any atom is -0.504 e. The van der Waals surface area contributed by atoms with E-state index in [2.05, 4.69) is 22.6 Å². The zero-order chi connectivity index (χ0) is 11.4. The first-order chi connectivity index (χ1) is 7.08. The summed E-state index contributed by atoms with van der Waals surface area (Å²) in [5.41, 5.74) is 6.31. The summed E-state index contributed by atoms with van der Waals surface area (Å²) in [6.07, 6.45) is 0.426. The summed E-state index contributed by atoms with van der Waals surface area (Å²) in [5.74, 6) is 0.531. The first kappa shape index (κ1) is 12.5. The lowest BCUT2D eigenvalue weighted by molar-refractivity contribution is 0.264. The fraction of sp³-hybridized carbons (Fsp3) is 0.400. The van der Waals surface area contributed by atoms with Crippen LogP contribution in [0.1, 0.15) is 5.56 Å². The van der Waals surface area contributed by atoms with Crippen LogP contribution in [0, 0.1) is 3.57 Å². The number of aliphatic hydroxyl groups excluding tert-OH is 1. The number of hydrogen-bond donors (Lipinski definition) is 3. The van der Waals surface area contributed by atoms with Crippen LogP contribution in [-0.2, 0) is 6.42 Å². The summed E-state index contributed by atoms with van der Waals surface area (Å²) < 4.78 is 5.98. The maximum atomic E-state index is 9.79. The van der Waals surface area contributed by atoms with Crippen molar-refractivity contribution in [3.8, 4) is 11.5 Å². The number of phenolic OH excluding ortho intramolecular Hbond substituents is 1. The summed E-state index contributed by atoms with van der Waals surface area (Å²) in [6, 6.07) is 3.21. The average Bonchev–Trinajstić information content (AvgIpc) is 2.22. The molecule has 1 aromatic rings. The molecule has 0 radical (unpaired) electrons. The van der Waals surface area contributed by atoms with E-state index in [0.717, 1.165) is 3.57 Å². The Labute approximate surface area is 102 Å². The molecule has 1 rings (SSSR count). The Morgan fingerprint density at radius 3 is 2.73 bits per heavy atom. The van der Waals surface area contributed by atoms with Gasteiger partial charge in [0.2, 0.25) is 0 Å². The summed E-state index contributed by atoms with van der Waals surface area (Å²) in [7, 11) is 1.50. The molecule has 4 nitrogen and oxygen atoms in total. The molecule has 1 atom stereocenters. The zero-order valence-corrected chi connectivity index (χ0v) is 10.6. The molecule has 0 amide bonds. The van der Waals surface area contributed by atoms with Gasteiger partial charge in [0.05, 0.1) is 13.7 Å². The smallest absolute Gasteiger partial charge is 0.161 e. The molecular weight excluding hydrogens is 309 g/mol. The molecule has 0 aliphatic heterocycles. The van der Waals surface area contributed by atoms with E-state index in [1.807, 2.05) is 6.07 Å².